The first kappa shape index (κ1) is 22.0. The van der Waals surface area contributed by atoms with Crippen LogP contribution in [0.5, 0.6) is 0 Å². The monoisotopic (exact) mass is 419 g/mol. The molecule has 1 N–H and O–H groups in total. The number of carbonyl (C=O) groups excluding carboxylic acids is 2. The average molecular weight is 420 g/mol. The largest absolute Gasteiger partial charge is 0.449 e. The van der Waals surface area contributed by atoms with Crippen molar-refractivity contribution >= 4 is 46.8 Å². The third-order valence-electron chi connectivity index (χ3n) is 4.27. The topological polar surface area (TPSA) is 55.4 Å². The zero-order valence-corrected chi connectivity index (χ0v) is 17.6. The number of carbonyl (C=O) groups is 2. The molecular weight excluding hydrogens is 397 g/mol. The Balaban J connectivity index is 2.02. The highest BCUT2D eigenvalue weighted by molar-refractivity contribution is 6.35. The van der Waals surface area contributed by atoms with Gasteiger partial charge in [0.1, 0.15) is 0 Å². The molecule has 0 aromatic heterocycles. The van der Waals surface area contributed by atoms with Crippen LogP contribution < -0.4 is 5.32 Å². The molecule has 0 fully saturated rings. The summed E-state index contributed by atoms with van der Waals surface area (Å²) in [5.74, 6) is -1.00. The van der Waals surface area contributed by atoms with E-state index in [0.717, 1.165) is 29.7 Å². The van der Waals surface area contributed by atoms with E-state index in [1.807, 2.05) is 32.0 Å². The molecule has 0 saturated heterocycles. The fraction of sp³-hybridized carbons (Fsp3) is 0.273. The maximum atomic E-state index is 12.5. The van der Waals surface area contributed by atoms with Crippen LogP contribution in [0, 0.1) is 0 Å². The SMILES string of the molecule is CCc1cccc(CC)c1NC(=O)C(C)OC(=O)/C=C/c1ccc(Cl)cc1Cl. The minimum Gasteiger partial charge on any atom is -0.449 e. The van der Waals surface area contributed by atoms with Crippen LogP contribution >= 0.6 is 23.2 Å². The minimum absolute atomic E-state index is 0.373. The summed E-state index contributed by atoms with van der Waals surface area (Å²) >= 11 is 11.9. The second-order valence-corrected chi connectivity index (χ2v) is 7.07. The van der Waals surface area contributed by atoms with Gasteiger partial charge in [-0.2, -0.15) is 0 Å². The number of hydrogen-bond donors (Lipinski definition) is 1. The maximum Gasteiger partial charge on any atom is 0.331 e. The molecule has 28 heavy (non-hydrogen) atoms. The van der Waals surface area contributed by atoms with E-state index < -0.39 is 12.1 Å². The number of para-hydroxylation sites is 1. The molecule has 4 nitrogen and oxygen atoms in total. The molecule has 0 bridgehead atoms. The average Bonchev–Trinajstić information content (AvgIpc) is 2.67. The van der Waals surface area contributed by atoms with Crippen LogP contribution in [-0.4, -0.2) is 18.0 Å². The van der Waals surface area contributed by atoms with Crippen LogP contribution in [0.4, 0.5) is 5.69 Å². The Morgan fingerprint density at radius 2 is 1.75 bits per heavy atom. The van der Waals surface area contributed by atoms with E-state index in [9.17, 15) is 9.59 Å². The van der Waals surface area contributed by atoms with E-state index in [4.69, 9.17) is 27.9 Å². The van der Waals surface area contributed by atoms with Crippen molar-refractivity contribution in [1.29, 1.82) is 0 Å². The Hall–Kier alpha value is -2.30. The highest BCUT2D eigenvalue weighted by atomic mass is 35.5. The number of ether oxygens (including phenoxy) is 1. The Morgan fingerprint density at radius 3 is 2.32 bits per heavy atom. The summed E-state index contributed by atoms with van der Waals surface area (Å²) in [7, 11) is 0. The predicted molar refractivity (Wildman–Crippen MR) is 115 cm³/mol. The number of aryl methyl sites for hydroxylation is 2. The van der Waals surface area contributed by atoms with Crippen LogP contribution in [0.25, 0.3) is 6.08 Å². The predicted octanol–water partition coefficient (Wildman–Crippen LogP) is 5.70. The molecule has 0 radical (unpaired) electrons. The zero-order valence-electron chi connectivity index (χ0n) is 16.1. The molecule has 0 heterocycles. The number of amides is 1. The molecule has 0 saturated carbocycles. The summed E-state index contributed by atoms with van der Waals surface area (Å²) in [6, 6.07) is 10.9. The molecule has 1 unspecified atom stereocenters. The second kappa shape index (κ2) is 10.3. The normalized spacial score (nSPS) is 12.0. The lowest BCUT2D eigenvalue weighted by Crippen LogP contribution is -2.30. The minimum atomic E-state index is -0.938. The van der Waals surface area contributed by atoms with Gasteiger partial charge in [0.25, 0.3) is 5.91 Å². The lowest BCUT2D eigenvalue weighted by Gasteiger charge is -2.17. The first-order chi connectivity index (χ1) is 13.3. The lowest BCUT2D eigenvalue weighted by atomic mass is 10.0. The van der Waals surface area contributed by atoms with Gasteiger partial charge < -0.3 is 10.1 Å². The van der Waals surface area contributed by atoms with Crippen molar-refractivity contribution in [2.24, 2.45) is 0 Å². The molecule has 6 heteroatoms. The van der Waals surface area contributed by atoms with E-state index in [2.05, 4.69) is 5.32 Å². The van der Waals surface area contributed by atoms with Crippen molar-refractivity contribution in [3.05, 3.63) is 69.2 Å². The molecule has 2 aromatic carbocycles. The van der Waals surface area contributed by atoms with Gasteiger partial charge >= 0.3 is 5.97 Å². The van der Waals surface area contributed by atoms with Gasteiger partial charge in [0.05, 0.1) is 0 Å². The van der Waals surface area contributed by atoms with Crippen molar-refractivity contribution in [1.82, 2.24) is 0 Å². The van der Waals surface area contributed by atoms with Gasteiger partial charge in [0.15, 0.2) is 6.10 Å². The smallest absolute Gasteiger partial charge is 0.331 e. The van der Waals surface area contributed by atoms with E-state index >= 15 is 0 Å². The fourth-order valence-electron chi connectivity index (χ4n) is 2.69. The number of nitrogens with one attached hydrogen (secondary N) is 1. The number of anilines is 1. The van der Waals surface area contributed by atoms with Crippen molar-refractivity contribution in [3.63, 3.8) is 0 Å². The molecule has 148 valence electrons. The molecular formula is C22H23Cl2NO3. The van der Waals surface area contributed by atoms with Crippen LogP contribution in [0.15, 0.2) is 42.5 Å². The summed E-state index contributed by atoms with van der Waals surface area (Å²) < 4.78 is 5.21. The lowest BCUT2D eigenvalue weighted by molar-refractivity contribution is -0.148. The van der Waals surface area contributed by atoms with Crippen molar-refractivity contribution in [3.8, 4) is 0 Å². The Morgan fingerprint density at radius 1 is 1.11 bits per heavy atom. The summed E-state index contributed by atoms with van der Waals surface area (Å²) in [5.41, 5.74) is 3.51. The molecule has 0 aliphatic carbocycles. The Bertz CT molecular complexity index is 871. The Labute approximate surface area is 175 Å². The van der Waals surface area contributed by atoms with Crippen LogP contribution in [-0.2, 0) is 27.2 Å². The van der Waals surface area contributed by atoms with Gasteiger partial charge in [0.2, 0.25) is 0 Å². The van der Waals surface area contributed by atoms with E-state index in [1.54, 1.807) is 18.2 Å². The summed E-state index contributed by atoms with van der Waals surface area (Å²) in [4.78, 5) is 24.6. The molecule has 1 amide bonds. The van der Waals surface area contributed by atoms with Crippen molar-refractivity contribution < 1.29 is 14.3 Å². The van der Waals surface area contributed by atoms with Crippen molar-refractivity contribution in [2.75, 3.05) is 5.32 Å². The first-order valence-electron chi connectivity index (χ1n) is 9.11. The number of halogens is 2. The maximum absolute atomic E-state index is 12.5. The molecule has 0 aliphatic heterocycles. The van der Waals surface area contributed by atoms with Gasteiger partial charge in [-0.1, -0.05) is 61.3 Å². The number of benzene rings is 2. The van der Waals surface area contributed by atoms with Gasteiger partial charge in [-0.3, -0.25) is 4.79 Å². The summed E-state index contributed by atoms with van der Waals surface area (Å²) in [5, 5.41) is 3.83. The summed E-state index contributed by atoms with van der Waals surface area (Å²) in [6.07, 6.45) is 3.40. The van der Waals surface area contributed by atoms with Gasteiger partial charge in [-0.25, -0.2) is 4.79 Å². The third kappa shape index (κ3) is 5.85. The quantitative estimate of drug-likeness (QED) is 0.462. The van der Waals surface area contributed by atoms with Crippen LogP contribution in [0.3, 0.4) is 0 Å². The molecule has 0 spiro atoms. The van der Waals surface area contributed by atoms with Gasteiger partial charge in [-0.15, -0.1) is 0 Å². The second-order valence-electron chi connectivity index (χ2n) is 6.23. The van der Waals surface area contributed by atoms with E-state index in [-0.39, 0.29) is 5.91 Å². The number of esters is 1. The highest BCUT2D eigenvalue weighted by Crippen LogP contribution is 2.23. The van der Waals surface area contributed by atoms with E-state index in [1.165, 1.54) is 19.1 Å². The van der Waals surface area contributed by atoms with Crippen molar-refractivity contribution in [2.45, 2.75) is 39.7 Å². The molecule has 0 aliphatic rings. The summed E-state index contributed by atoms with van der Waals surface area (Å²) in [6.45, 7) is 5.59. The fourth-order valence-corrected chi connectivity index (χ4v) is 3.16. The van der Waals surface area contributed by atoms with Crippen LogP contribution in [0.1, 0.15) is 37.5 Å². The van der Waals surface area contributed by atoms with Crippen LogP contribution in [0.2, 0.25) is 10.0 Å². The molecule has 1 atom stereocenters. The zero-order chi connectivity index (χ0) is 20.7. The van der Waals surface area contributed by atoms with Gasteiger partial charge in [-0.05, 0) is 54.7 Å². The first-order valence-corrected chi connectivity index (χ1v) is 9.86. The Kier molecular flexibility index (Phi) is 8.09. The molecule has 2 aromatic rings. The van der Waals surface area contributed by atoms with Gasteiger partial charge in [0, 0.05) is 21.8 Å². The highest BCUT2D eigenvalue weighted by Gasteiger charge is 2.19. The number of rotatable bonds is 7. The molecule has 2 rings (SSSR count). The number of hydrogen-bond acceptors (Lipinski definition) is 3. The standard InChI is InChI=1S/C22H23Cl2NO3/c1-4-15-7-6-8-16(5-2)21(15)25-22(27)14(3)28-20(26)12-10-17-9-11-18(23)13-19(17)24/h6-14H,4-5H2,1-3H3,(H,25,27)/b12-10+. The third-order valence-corrected chi connectivity index (χ3v) is 4.83. The van der Waals surface area contributed by atoms with E-state index in [0.29, 0.717) is 15.6 Å².